The SMILES string of the molecule is COC(CNCCNCC(C)C)c1ccccc1. The molecule has 1 aromatic carbocycles. The van der Waals surface area contributed by atoms with Gasteiger partial charge in [0.2, 0.25) is 0 Å². The zero-order chi connectivity index (χ0) is 13.2. The topological polar surface area (TPSA) is 33.3 Å². The molecule has 0 saturated carbocycles. The van der Waals surface area contributed by atoms with E-state index in [2.05, 4.69) is 36.6 Å². The molecule has 0 saturated heterocycles. The average molecular weight is 250 g/mol. The van der Waals surface area contributed by atoms with Crippen LogP contribution in [-0.4, -0.2) is 33.3 Å². The Morgan fingerprint density at radius 3 is 2.17 bits per heavy atom. The van der Waals surface area contributed by atoms with Gasteiger partial charge in [-0.2, -0.15) is 0 Å². The third-order valence-corrected chi connectivity index (χ3v) is 2.82. The fourth-order valence-corrected chi connectivity index (χ4v) is 1.81. The van der Waals surface area contributed by atoms with E-state index < -0.39 is 0 Å². The predicted molar refractivity (Wildman–Crippen MR) is 76.8 cm³/mol. The summed E-state index contributed by atoms with van der Waals surface area (Å²) in [6.07, 6.45) is 0.135. The molecule has 1 unspecified atom stereocenters. The van der Waals surface area contributed by atoms with Crippen LogP contribution in [0.5, 0.6) is 0 Å². The van der Waals surface area contributed by atoms with Gasteiger partial charge in [-0.15, -0.1) is 0 Å². The molecule has 0 fully saturated rings. The van der Waals surface area contributed by atoms with Crippen molar-refractivity contribution in [2.24, 2.45) is 5.92 Å². The van der Waals surface area contributed by atoms with E-state index in [1.165, 1.54) is 5.56 Å². The van der Waals surface area contributed by atoms with Crippen molar-refractivity contribution in [1.29, 1.82) is 0 Å². The molecule has 3 heteroatoms. The Morgan fingerprint density at radius 2 is 1.61 bits per heavy atom. The second-order valence-corrected chi connectivity index (χ2v) is 4.94. The minimum Gasteiger partial charge on any atom is -0.375 e. The van der Waals surface area contributed by atoms with Crippen LogP contribution in [0.4, 0.5) is 0 Å². The van der Waals surface area contributed by atoms with Crippen LogP contribution >= 0.6 is 0 Å². The van der Waals surface area contributed by atoms with Crippen molar-refractivity contribution in [3.63, 3.8) is 0 Å². The number of hydrogen-bond donors (Lipinski definition) is 2. The highest BCUT2D eigenvalue weighted by atomic mass is 16.5. The minimum atomic E-state index is 0.135. The number of nitrogens with one attached hydrogen (secondary N) is 2. The molecule has 0 heterocycles. The third-order valence-electron chi connectivity index (χ3n) is 2.82. The van der Waals surface area contributed by atoms with Crippen LogP contribution in [0.1, 0.15) is 25.5 Å². The van der Waals surface area contributed by atoms with E-state index in [4.69, 9.17) is 4.74 Å². The Balaban J connectivity index is 2.17. The molecule has 18 heavy (non-hydrogen) atoms. The second kappa shape index (κ2) is 9.09. The quantitative estimate of drug-likeness (QED) is 0.659. The maximum absolute atomic E-state index is 5.50. The second-order valence-electron chi connectivity index (χ2n) is 4.94. The molecule has 1 aromatic rings. The molecule has 3 nitrogen and oxygen atoms in total. The molecule has 0 bridgehead atoms. The van der Waals surface area contributed by atoms with Gasteiger partial charge in [0.15, 0.2) is 0 Å². The smallest absolute Gasteiger partial charge is 0.0945 e. The van der Waals surface area contributed by atoms with E-state index >= 15 is 0 Å². The Morgan fingerprint density at radius 1 is 1.00 bits per heavy atom. The molecule has 1 atom stereocenters. The fourth-order valence-electron chi connectivity index (χ4n) is 1.81. The molecule has 0 amide bonds. The van der Waals surface area contributed by atoms with Gasteiger partial charge in [0, 0.05) is 26.7 Å². The third kappa shape index (κ3) is 6.15. The Bertz CT molecular complexity index is 301. The van der Waals surface area contributed by atoms with E-state index in [1.54, 1.807) is 7.11 Å². The summed E-state index contributed by atoms with van der Waals surface area (Å²) in [5, 5.41) is 6.83. The van der Waals surface area contributed by atoms with Crippen LogP contribution in [0.2, 0.25) is 0 Å². The Labute approximate surface area is 111 Å². The van der Waals surface area contributed by atoms with Crippen molar-refractivity contribution < 1.29 is 4.74 Å². The van der Waals surface area contributed by atoms with Crippen molar-refractivity contribution in [3.05, 3.63) is 35.9 Å². The van der Waals surface area contributed by atoms with Gasteiger partial charge in [-0.3, -0.25) is 0 Å². The summed E-state index contributed by atoms with van der Waals surface area (Å²) in [6, 6.07) is 10.3. The molecular formula is C15H26N2O. The van der Waals surface area contributed by atoms with Gasteiger partial charge in [-0.25, -0.2) is 0 Å². The normalized spacial score (nSPS) is 12.9. The average Bonchev–Trinajstić information content (AvgIpc) is 2.38. The van der Waals surface area contributed by atoms with Gasteiger partial charge >= 0.3 is 0 Å². The molecule has 0 aliphatic rings. The molecule has 0 aliphatic heterocycles. The summed E-state index contributed by atoms with van der Waals surface area (Å²) in [4.78, 5) is 0. The van der Waals surface area contributed by atoms with Crippen molar-refractivity contribution >= 4 is 0 Å². The summed E-state index contributed by atoms with van der Waals surface area (Å²) < 4.78 is 5.50. The zero-order valence-corrected chi connectivity index (χ0v) is 11.8. The first-order valence-corrected chi connectivity index (χ1v) is 6.73. The van der Waals surface area contributed by atoms with Crippen LogP contribution in [0.15, 0.2) is 30.3 Å². The molecule has 0 aromatic heterocycles. The maximum atomic E-state index is 5.50. The van der Waals surface area contributed by atoms with Crippen LogP contribution in [0.25, 0.3) is 0 Å². The van der Waals surface area contributed by atoms with Crippen LogP contribution in [-0.2, 0) is 4.74 Å². The van der Waals surface area contributed by atoms with Gasteiger partial charge in [0.25, 0.3) is 0 Å². The van der Waals surface area contributed by atoms with Crippen LogP contribution in [0, 0.1) is 5.92 Å². The minimum absolute atomic E-state index is 0.135. The predicted octanol–water partition coefficient (Wildman–Crippen LogP) is 2.21. The maximum Gasteiger partial charge on any atom is 0.0945 e. The molecule has 0 radical (unpaired) electrons. The Kier molecular flexibility index (Phi) is 7.65. The highest BCUT2D eigenvalue weighted by Gasteiger charge is 2.08. The summed E-state index contributed by atoms with van der Waals surface area (Å²) in [5.41, 5.74) is 1.22. The van der Waals surface area contributed by atoms with E-state index in [0.717, 1.165) is 26.2 Å². The van der Waals surface area contributed by atoms with Crippen molar-refractivity contribution in [2.75, 3.05) is 33.3 Å². The van der Waals surface area contributed by atoms with Gasteiger partial charge < -0.3 is 15.4 Å². The summed E-state index contributed by atoms with van der Waals surface area (Å²) >= 11 is 0. The lowest BCUT2D eigenvalue weighted by atomic mass is 10.1. The van der Waals surface area contributed by atoms with Crippen molar-refractivity contribution in [1.82, 2.24) is 10.6 Å². The van der Waals surface area contributed by atoms with Gasteiger partial charge in [0.05, 0.1) is 6.10 Å². The molecule has 2 N–H and O–H groups in total. The highest BCUT2D eigenvalue weighted by molar-refractivity contribution is 5.17. The van der Waals surface area contributed by atoms with Crippen molar-refractivity contribution in [3.8, 4) is 0 Å². The summed E-state index contributed by atoms with van der Waals surface area (Å²) in [6.45, 7) is 8.34. The largest absolute Gasteiger partial charge is 0.375 e. The lowest BCUT2D eigenvalue weighted by Crippen LogP contribution is -2.32. The Hall–Kier alpha value is -0.900. The molecule has 102 valence electrons. The number of ether oxygens (including phenoxy) is 1. The van der Waals surface area contributed by atoms with E-state index in [-0.39, 0.29) is 6.10 Å². The zero-order valence-electron chi connectivity index (χ0n) is 11.8. The van der Waals surface area contributed by atoms with Crippen LogP contribution < -0.4 is 10.6 Å². The standard InChI is InChI=1S/C15H26N2O/c1-13(2)11-16-9-10-17-12-15(18-3)14-7-5-4-6-8-14/h4-8,13,15-17H,9-12H2,1-3H3. The lowest BCUT2D eigenvalue weighted by molar-refractivity contribution is 0.102. The first-order chi connectivity index (χ1) is 8.74. The first-order valence-electron chi connectivity index (χ1n) is 6.73. The lowest BCUT2D eigenvalue weighted by Gasteiger charge is -2.16. The number of benzene rings is 1. The fraction of sp³-hybridized carbons (Fsp3) is 0.600. The molecular weight excluding hydrogens is 224 g/mol. The monoisotopic (exact) mass is 250 g/mol. The summed E-state index contributed by atoms with van der Waals surface area (Å²) in [5.74, 6) is 0.709. The van der Waals surface area contributed by atoms with Gasteiger partial charge in [-0.1, -0.05) is 44.2 Å². The molecule has 1 rings (SSSR count). The van der Waals surface area contributed by atoms with E-state index in [1.807, 2.05) is 18.2 Å². The first kappa shape index (κ1) is 15.2. The number of rotatable bonds is 9. The van der Waals surface area contributed by atoms with Crippen molar-refractivity contribution in [2.45, 2.75) is 20.0 Å². The number of methoxy groups -OCH3 is 1. The van der Waals surface area contributed by atoms with Gasteiger partial charge in [-0.05, 0) is 18.0 Å². The van der Waals surface area contributed by atoms with Crippen LogP contribution in [0.3, 0.4) is 0 Å². The molecule has 0 spiro atoms. The van der Waals surface area contributed by atoms with Gasteiger partial charge in [0.1, 0.15) is 0 Å². The number of hydrogen-bond acceptors (Lipinski definition) is 3. The summed E-state index contributed by atoms with van der Waals surface area (Å²) in [7, 11) is 1.76. The highest BCUT2D eigenvalue weighted by Crippen LogP contribution is 2.14. The van der Waals surface area contributed by atoms with E-state index in [9.17, 15) is 0 Å². The molecule has 0 aliphatic carbocycles. The van der Waals surface area contributed by atoms with E-state index in [0.29, 0.717) is 5.92 Å².